The van der Waals surface area contributed by atoms with Crippen molar-refractivity contribution in [2.45, 2.75) is 39.2 Å². The molecule has 2 aromatic heterocycles. The lowest BCUT2D eigenvalue weighted by atomic mass is 9.95. The van der Waals surface area contributed by atoms with Crippen molar-refractivity contribution >= 4 is 39.4 Å². The topological polar surface area (TPSA) is 97.4 Å². The van der Waals surface area contributed by atoms with Crippen LogP contribution in [0.5, 0.6) is 0 Å². The summed E-state index contributed by atoms with van der Waals surface area (Å²) in [5, 5.41) is 5.39. The van der Waals surface area contributed by atoms with Gasteiger partial charge in [-0.25, -0.2) is 9.78 Å². The number of para-hydroxylation sites is 2. The number of thiazole rings is 1. The number of hydrogen-bond acceptors (Lipinski definition) is 6. The van der Waals surface area contributed by atoms with Crippen LogP contribution >= 0.6 is 11.3 Å². The standard InChI is InChI=1S/C21H24N4O4S/c1-14-13-30-20(22-14)23-19(27)15-8-11-24(12-9-15)18(26)7-4-10-25-16-5-2-3-6-17(16)29-21(25)28/h2-3,5-6,13,15H,4,7-12H2,1H3,(H,22,23,27). The quantitative estimate of drug-likeness (QED) is 0.651. The number of likely N-dealkylation sites (tertiary alicyclic amines) is 1. The molecule has 0 unspecified atom stereocenters. The van der Waals surface area contributed by atoms with Gasteiger partial charge in [-0.1, -0.05) is 12.1 Å². The van der Waals surface area contributed by atoms with Crippen molar-refractivity contribution in [2.75, 3.05) is 18.4 Å². The number of oxazole rings is 1. The highest BCUT2D eigenvalue weighted by Crippen LogP contribution is 2.22. The van der Waals surface area contributed by atoms with Crippen molar-refractivity contribution in [3.63, 3.8) is 0 Å². The second kappa shape index (κ2) is 8.83. The zero-order chi connectivity index (χ0) is 21.1. The monoisotopic (exact) mass is 428 g/mol. The Morgan fingerprint density at radius 2 is 2.03 bits per heavy atom. The summed E-state index contributed by atoms with van der Waals surface area (Å²) in [4.78, 5) is 43.0. The predicted octanol–water partition coefficient (Wildman–Crippen LogP) is 3.02. The lowest BCUT2D eigenvalue weighted by Gasteiger charge is -2.31. The van der Waals surface area contributed by atoms with E-state index in [1.54, 1.807) is 10.6 Å². The van der Waals surface area contributed by atoms with Gasteiger partial charge in [0.05, 0.1) is 11.2 Å². The Bertz CT molecular complexity index is 1110. The Morgan fingerprint density at radius 3 is 2.77 bits per heavy atom. The molecule has 8 nitrogen and oxygen atoms in total. The normalized spacial score (nSPS) is 14.9. The van der Waals surface area contributed by atoms with Gasteiger partial charge in [-0.2, -0.15) is 0 Å². The first-order chi connectivity index (χ1) is 14.5. The molecule has 1 fully saturated rings. The molecule has 0 saturated carbocycles. The summed E-state index contributed by atoms with van der Waals surface area (Å²) in [6, 6.07) is 7.27. The molecule has 0 spiro atoms. The SMILES string of the molecule is Cc1csc(NC(=O)C2CCN(C(=O)CCCn3c(=O)oc4ccccc43)CC2)n1. The number of hydrogen-bond donors (Lipinski definition) is 1. The summed E-state index contributed by atoms with van der Waals surface area (Å²) in [7, 11) is 0. The van der Waals surface area contributed by atoms with Crippen molar-refractivity contribution in [1.82, 2.24) is 14.5 Å². The fraction of sp³-hybridized carbons (Fsp3) is 0.429. The lowest BCUT2D eigenvalue weighted by Crippen LogP contribution is -2.41. The zero-order valence-corrected chi connectivity index (χ0v) is 17.6. The molecule has 158 valence electrons. The fourth-order valence-electron chi connectivity index (χ4n) is 3.78. The Kier molecular flexibility index (Phi) is 5.98. The lowest BCUT2D eigenvalue weighted by molar-refractivity contribution is -0.134. The average molecular weight is 429 g/mol. The number of nitrogens with zero attached hydrogens (tertiary/aromatic N) is 3. The predicted molar refractivity (Wildman–Crippen MR) is 114 cm³/mol. The highest BCUT2D eigenvalue weighted by Gasteiger charge is 2.27. The molecule has 4 rings (SSSR count). The highest BCUT2D eigenvalue weighted by atomic mass is 32.1. The van der Waals surface area contributed by atoms with Crippen molar-refractivity contribution < 1.29 is 14.0 Å². The van der Waals surface area contributed by atoms with Crippen LogP contribution < -0.4 is 11.1 Å². The van der Waals surface area contributed by atoms with Crippen LogP contribution in [0.4, 0.5) is 5.13 Å². The van der Waals surface area contributed by atoms with Crippen LogP contribution in [0.2, 0.25) is 0 Å². The molecule has 3 aromatic rings. The van der Waals surface area contributed by atoms with E-state index in [-0.39, 0.29) is 17.7 Å². The molecule has 0 atom stereocenters. The molecule has 1 saturated heterocycles. The highest BCUT2D eigenvalue weighted by molar-refractivity contribution is 7.13. The van der Waals surface area contributed by atoms with Gasteiger partial charge in [0.15, 0.2) is 10.7 Å². The molecule has 2 amide bonds. The van der Waals surface area contributed by atoms with Crippen LogP contribution in [-0.4, -0.2) is 39.4 Å². The smallest absolute Gasteiger partial charge is 0.408 e. The first kappa shape index (κ1) is 20.3. The maximum Gasteiger partial charge on any atom is 0.419 e. The number of fused-ring (bicyclic) bond motifs is 1. The summed E-state index contributed by atoms with van der Waals surface area (Å²) in [5.74, 6) is -0.465. The molecule has 0 bridgehead atoms. The third kappa shape index (κ3) is 4.46. The number of amides is 2. The first-order valence-corrected chi connectivity index (χ1v) is 11.0. The minimum absolute atomic E-state index is 0.0253. The maximum atomic E-state index is 12.6. The van der Waals surface area contributed by atoms with Crippen LogP contribution in [-0.2, 0) is 16.1 Å². The van der Waals surface area contributed by atoms with E-state index in [9.17, 15) is 14.4 Å². The summed E-state index contributed by atoms with van der Waals surface area (Å²) in [6.45, 7) is 3.47. The van der Waals surface area contributed by atoms with E-state index in [4.69, 9.17) is 4.42 Å². The van der Waals surface area contributed by atoms with Crippen molar-refractivity contribution in [3.05, 3.63) is 45.9 Å². The number of carbonyl (C=O) groups is 2. The van der Waals surface area contributed by atoms with Gasteiger partial charge in [0.2, 0.25) is 11.8 Å². The minimum atomic E-state index is -0.397. The molecular weight excluding hydrogens is 404 g/mol. The van der Waals surface area contributed by atoms with Gasteiger partial charge in [-0.3, -0.25) is 14.2 Å². The molecule has 9 heteroatoms. The van der Waals surface area contributed by atoms with Gasteiger partial charge in [0, 0.05) is 37.4 Å². The number of aryl methyl sites for hydroxylation is 2. The third-order valence-electron chi connectivity index (χ3n) is 5.41. The van der Waals surface area contributed by atoms with Gasteiger partial charge in [-0.15, -0.1) is 11.3 Å². The van der Waals surface area contributed by atoms with Crippen LogP contribution in [0, 0.1) is 12.8 Å². The van der Waals surface area contributed by atoms with E-state index in [2.05, 4.69) is 10.3 Å². The number of benzene rings is 1. The van der Waals surface area contributed by atoms with Crippen LogP contribution in [0.1, 0.15) is 31.4 Å². The molecule has 1 aromatic carbocycles. The number of carbonyl (C=O) groups excluding carboxylic acids is 2. The van der Waals surface area contributed by atoms with Crippen molar-refractivity contribution in [3.8, 4) is 0 Å². The fourth-order valence-corrected chi connectivity index (χ4v) is 4.47. The van der Waals surface area contributed by atoms with Crippen LogP contribution in [0.3, 0.4) is 0 Å². The Hall–Kier alpha value is -2.94. The second-order valence-electron chi connectivity index (χ2n) is 7.53. The number of rotatable bonds is 6. The van der Waals surface area contributed by atoms with Gasteiger partial charge < -0.3 is 14.6 Å². The van der Waals surface area contributed by atoms with E-state index in [1.807, 2.05) is 35.4 Å². The Balaban J connectivity index is 1.24. The van der Waals surface area contributed by atoms with Crippen molar-refractivity contribution in [2.24, 2.45) is 5.92 Å². The molecule has 0 aliphatic carbocycles. The van der Waals surface area contributed by atoms with E-state index in [0.29, 0.717) is 56.0 Å². The maximum absolute atomic E-state index is 12.6. The number of piperidine rings is 1. The van der Waals surface area contributed by atoms with E-state index < -0.39 is 5.76 Å². The summed E-state index contributed by atoms with van der Waals surface area (Å²) in [6.07, 6.45) is 2.22. The summed E-state index contributed by atoms with van der Waals surface area (Å²) < 4.78 is 6.79. The van der Waals surface area contributed by atoms with E-state index in [1.165, 1.54) is 11.3 Å². The molecule has 30 heavy (non-hydrogen) atoms. The zero-order valence-electron chi connectivity index (χ0n) is 16.8. The molecule has 1 aliphatic rings. The van der Waals surface area contributed by atoms with Crippen LogP contribution in [0.25, 0.3) is 11.1 Å². The molecule has 1 aliphatic heterocycles. The average Bonchev–Trinajstić information content (AvgIpc) is 3.30. The Labute approximate surface area is 177 Å². The molecule has 1 N–H and O–H groups in total. The minimum Gasteiger partial charge on any atom is -0.408 e. The summed E-state index contributed by atoms with van der Waals surface area (Å²) >= 11 is 1.42. The summed E-state index contributed by atoms with van der Waals surface area (Å²) in [5.41, 5.74) is 2.20. The van der Waals surface area contributed by atoms with Gasteiger partial charge in [0.25, 0.3) is 0 Å². The second-order valence-corrected chi connectivity index (χ2v) is 8.39. The van der Waals surface area contributed by atoms with E-state index in [0.717, 1.165) is 11.2 Å². The largest absolute Gasteiger partial charge is 0.419 e. The van der Waals surface area contributed by atoms with Gasteiger partial charge in [0.1, 0.15) is 0 Å². The van der Waals surface area contributed by atoms with E-state index >= 15 is 0 Å². The third-order valence-corrected chi connectivity index (χ3v) is 6.29. The first-order valence-electron chi connectivity index (χ1n) is 10.1. The molecular formula is C21H24N4O4S. The number of aromatic nitrogens is 2. The Morgan fingerprint density at radius 1 is 1.27 bits per heavy atom. The molecule has 3 heterocycles. The molecule has 0 radical (unpaired) electrons. The van der Waals surface area contributed by atoms with Crippen molar-refractivity contribution in [1.29, 1.82) is 0 Å². The van der Waals surface area contributed by atoms with Gasteiger partial charge in [-0.05, 0) is 38.3 Å². The van der Waals surface area contributed by atoms with Crippen LogP contribution in [0.15, 0.2) is 38.9 Å². The number of nitrogens with one attached hydrogen (secondary N) is 1. The van der Waals surface area contributed by atoms with Gasteiger partial charge >= 0.3 is 5.76 Å². The number of anilines is 1.